The van der Waals surface area contributed by atoms with E-state index in [1.54, 1.807) is 9.80 Å². The Morgan fingerprint density at radius 2 is 0.480 bits per heavy atom. The molecule has 0 bridgehead atoms. The Bertz CT molecular complexity index is 2950. The Kier molecular flexibility index (Phi) is 59.7. The highest BCUT2D eigenvalue weighted by molar-refractivity contribution is 6.02. The topological polar surface area (TPSA) is 191 Å². The molecule has 746 valence electrons. The van der Waals surface area contributed by atoms with E-state index in [-0.39, 0.29) is 86.7 Å². The standard InChI is InChI=1S/C8H15F2N.C8H13NO2.2C8H15NO.C8H17N.C7H13F2N.C7H11NO2.C7H15NO.C7H13NO.C7H15N.C6H11F2N.C6H11NO.C6H13N.C5H11N/c1-7(2)11-5-3-8(9,10)4-6-11;1-6(2)9-7(10)4-3-5-8(9)11;1-7(2)9-5-3-8(10)4-6-9;1-7(2)9-6-4-3-5-8(9)10;1-8(2)9-6-4-3-5-7-9;1-6(2)10-4-3-7(8,9)5-10;1-5(2)8-6(9)3-4-7(8)10;1-7(2)8-3-5-9-6-4-8;1-6(2)8-5-3-4-7(8)9;1-7(2)8-5-3-4-6-8;1-5(2)9-3-6(7,8)4-9;1-5(2)7-4-3-6(7)8;1-6(2)7-4-3-5-7;1-5(2)6-3-4-6/h7H,3-6H2,1-2H3;6H,3-5H2,1-2H3;2*7H,3-6H2,1-2H3;8H,3-7H2,1-2H3;6H,3-5H2,1-2H3;5H,3-4H2,1-2H3;7H,3-6H2,1-2H3;6H,3-5H2,1-2H3;7H,3-6H2,1-2H3;5H,3-4H2,1-2H3;5H,3-4H2,1-2H3;6H,3-5H2,1-2H3;5H,3-4H2,1-2H3. The molecule has 29 heteroatoms. The van der Waals surface area contributed by atoms with E-state index in [0.717, 1.165) is 135 Å². The lowest BCUT2D eigenvalue weighted by Gasteiger charge is -2.41. The lowest BCUT2D eigenvalue weighted by Crippen LogP contribution is -2.58. The largest absolute Gasteiger partial charge is 0.379 e. The van der Waals surface area contributed by atoms with Gasteiger partial charge in [0.05, 0.1) is 32.8 Å². The summed E-state index contributed by atoms with van der Waals surface area (Å²) in [6, 6.07) is 6.62. The molecule has 0 unspecified atom stereocenters. The molecule has 14 rings (SSSR count). The molecular weight excluding hydrogens is 1630 g/mol. The Hall–Kier alpha value is -4.46. The molecule has 0 aromatic rings. The maximum atomic E-state index is 12.6. The molecule has 14 fully saturated rings. The number of alkyl halides is 6. The van der Waals surface area contributed by atoms with Gasteiger partial charge in [-0.2, -0.15) is 0 Å². The van der Waals surface area contributed by atoms with Crippen molar-refractivity contribution in [1.29, 1.82) is 0 Å². The van der Waals surface area contributed by atoms with Crippen LogP contribution in [0.4, 0.5) is 26.3 Å². The van der Waals surface area contributed by atoms with Gasteiger partial charge in [0.1, 0.15) is 5.78 Å². The molecule has 0 atom stereocenters. The van der Waals surface area contributed by atoms with Crippen molar-refractivity contribution >= 4 is 47.1 Å². The molecule has 0 aromatic heterocycles. The first-order chi connectivity index (χ1) is 59.2. The molecule has 0 N–H and O–H groups in total. The number of piperidine rings is 5. The van der Waals surface area contributed by atoms with Gasteiger partial charge >= 0.3 is 0 Å². The summed E-state index contributed by atoms with van der Waals surface area (Å²) in [6.45, 7) is 79.5. The van der Waals surface area contributed by atoms with Crippen LogP contribution in [-0.4, -0.2) is 369 Å². The molecule has 127 heavy (non-hydrogen) atoms. The lowest BCUT2D eigenvalue weighted by molar-refractivity contribution is -0.150. The number of ketones is 1. The van der Waals surface area contributed by atoms with Gasteiger partial charge in [-0.05, 0) is 291 Å². The van der Waals surface area contributed by atoms with Crippen molar-refractivity contribution in [3.8, 4) is 0 Å². The van der Waals surface area contributed by atoms with Crippen LogP contribution in [0.25, 0.3) is 0 Å². The van der Waals surface area contributed by atoms with Crippen molar-refractivity contribution in [2.24, 2.45) is 0 Å². The van der Waals surface area contributed by atoms with Gasteiger partial charge in [-0.25, -0.2) is 26.3 Å². The monoisotopic (exact) mass is 1820 g/mol. The number of hydrogen-bond donors (Lipinski definition) is 0. The molecule has 14 aliphatic heterocycles. The van der Waals surface area contributed by atoms with E-state index in [1.807, 2.05) is 97.8 Å². The van der Waals surface area contributed by atoms with Gasteiger partial charge in [-0.1, -0.05) is 6.42 Å². The Morgan fingerprint density at radius 1 is 0.205 bits per heavy atom. The number of ether oxygens (including phenoxy) is 1. The fraction of sp³-hybridized carbons (Fsp3) is 0.918. The van der Waals surface area contributed by atoms with Crippen LogP contribution in [0, 0.1) is 0 Å². The molecule has 0 aromatic carbocycles. The SMILES string of the molecule is CC(C)N1C(=O)CCC1=O.CC(C)N1C(=O)CCCC1=O.CC(C)N1CC(F)(F)C1.CC(C)N1CC1.CC(C)N1CCC(=O)CC1.CC(C)N1CCC(F)(F)C1.CC(C)N1CCC(F)(F)CC1.CC(C)N1CCC1.CC(C)N1CCC1=O.CC(C)N1CCCC1.CC(C)N1CCCC1=O.CC(C)N1CCCCC1.CC(C)N1CCCCC1=O.CC(C)N1CCOCC1. The van der Waals surface area contributed by atoms with E-state index in [2.05, 4.69) is 145 Å². The van der Waals surface area contributed by atoms with Gasteiger partial charge in [-0.15, -0.1) is 0 Å². The fourth-order valence-electron chi connectivity index (χ4n) is 16.0. The number of nitrogens with zero attached hydrogens (tertiary/aromatic N) is 14. The molecular formula is C98H188F6N14O9. The highest BCUT2D eigenvalue weighted by Crippen LogP contribution is 2.31. The van der Waals surface area contributed by atoms with E-state index < -0.39 is 17.8 Å². The number of hydrogen-bond acceptors (Lipinski definition) is 18. The second-order valence-corrected chi connectivity index (χ2v) is 40.3. The molecule has 0 radical (unpaired) electrons. The van der Waals surface area contributed by atoms with Crippen LogP contribution in [-0.2, 0) is 43.1 Å². The van der Waals surface area contributed by atoms with E-state index in [1.165, 1.54) is 107 Å². The van der Waals surface area contributed by atoms with E-state index in [9.17, 15) is 64.7 Å². The highest BCUT2D eigenvalue weighted by atomic mass is 19.3. The maximum absolute atomic E-state index is 12.6. The lowest BCUT2D eigenvalue weighted by atomic mass is 10.1. The normalized spacial score (nSPS) is 22.4. The first kappa shape index (κ1) is 121. The van der Waals surface area contributed by atoms with Crippen molar-refractivity contribution in [2.75, 3.05) is 151 Å². The maximum Gasteiger partial charge on any atom is 0.272 e. The number of carbonyl (C=O) groups is 8. The van der Waals surface area contributed by atoms with Crippen LogP contribution >= 0.6 is 0 Å². The van der Waals surface area contributed by atoms with Crippen molar-refractivity contribution in [2.45, 2.75) is 437 Å². The third kappa shape index (κ3) is 51.6. The zero-order chi connectivity index (χ0) is 96.8. The highest BCUT2D eigenvalue weighted by Gasteiger charge is 2.45. The number of Topliss-reactive ketones (excluding diaryl/α,β-unsaturated/α-hetero) is 1. The van der Waals surface area contributed by atoms with Gasteiger partial charge in [0.15, 0.2) is 0 Å². The number of rotatable bonds is 14. The molecule has 23 nitrogen and oxygen atoms in total. The van der Waals surface area contributed by atoms with Crippen molar-refractivity contribution in [3.63, 3.8) is 0 Å². The molecule has 14 aliphatic rings. The third-order valence-corrected chi connectivity index (χ3v) is 25.1. The number of likely N-dealkylation sites (tertiary alicyclic amines) is 12. The number of halogens is 6. The first-order valence-electron chi connectivity index (χ1n) is 49.6. The average Bonchev–Trinajstić information content (AvgIpc) is 1.81. The van der Waals surface area contributed by atoms with Crippen LogP contribution in [0.3, 0.4) is 0 Å². The van der Waals surface area contributed by atoms with Crippen LogP contribution < -0.4 is 0 Å². The predicted molar refractivity (Wildman–Crippen MR) is 507 cm³/mol. The van der Waals surface area contributed by atoms with Gasteiger partial charge in [-0.3, -0.25) is 67.8 Å². The second kappa shape index (κ2) is 62.9. The number of carbonyl (C=O) groups excluding carboxylic acids is 8. The summed E-state index contributed by atoms with van der Waals surface area (Å²) in [4.78, 5) is 117. The zero-order valence-electron chi connectivity index (χ0n) is 85.6. The van der Waals surface area contributed by atoms with E-state index in [0.29, 0.717) is 105 Å². The van der Waals surface area contributed by atoms with Gasteiger partial charge < -0.3 is 43.9 Å². The van der Waals surface area contributed by atoms with Crippen LogP contribution in [0.2, 0.25) is 0 Å². The predicted octanol–water partition coefficient (Wildman–Crippen LogP) is 16.7. The minimum Gasteiger partial charge on any atom is -0.379 e. The molecule has 0 spiro atoms. The number of amides is 7. The minimum absolute atomic E-state index is 0.0174. The Morgan fingerprint density at radius 3 is 0.709 bits per heavy atom. The van der Waals surface area contributed by atoms with E-state index in [4.69, 9.17) is 4.74 Å². The molecule has 0 aliphatic carbocycles. The smallest absolute Gasteiger partial charge is 0.272 e. The summed E-state index contributed by atoms with van der Waals surface area (Å²) < 4.78 is 79.7. The quantitative estimate of drug-likeness (QED) is 0.0690. The summed E-state index contributed by atoms with van der Waals surface area (Å²) in [5.41, 5.74) is 0. The zero-order valence-corrected chi connectivity index (χ0v) is 85.6. The van der Waals surface area contributed by atoms with Crippen LogP contribution in [0.1, 0.15) is 335 Å². The second-order valence-electron chi connectivity index (χ2n) is 40.3. The first-order valence-corrected chi connectivity index (χ1v) is 49.6. The fourth-order valence-corrected chi connectivity index (χ4v) is 16.0. The summed E-state index contributed by atoms with van der Waals surface area (Å²) >= 11 is 0. The number of β-lactam (4-membered cyclic amide) rings is 1. The van der Waals surface area contributed by atoms with Crippen molar-refractivity contribution < 1.29 is 69.4 Å². The van der Waals surface area contributed by atoms with Gasteiger partial charge in [0.25, 0.3) is 17.8 Å². The van der Waals surface area contributed by atoms with Crippen molar-refractivity contribution in [1.82, 2.24) is 68.6 Å². The van der Waals surface area contributed by atoms with Gasteiger partial charge in [0, 0.05) is 240 Å². The minimum atomic E-state index is -2.43. The molecule has 14 saturated heterocycles. The van der Waals surface area contributed by atoms with Crippen molar-refractivity contribution in [3.05, 3.63) is 0 Å². The summed E-state index contributed by atoms with van der Waals surface area (Å²) in [6.07, 6.45) is 18.3. The number of imide groups is 2. The molecule has 7 amide bonds. The average molecular weight is 1820 g/mol. The number of morpholine rings is 1. The molecule has 14 heterocycles. The summed E-state index contributed by atoms with van der Waals surface area (Å²) in [5.74, 6) is -5.92. The van der Waals surface area contributed by atoms with Crippen LogP contribution in [0.15, 0.2) is 0 Å². The van der Waals surface area contributed by atoms with Crippen LogP contribution in [0.5, 0.6) is 0 Å². The van der Waals surface area contributed by atoms with E-state index >= 15 is 0 Å². The molecule has 0 saturated carbocycles. The summed E-state index contributed by atoms with van der Waals surface area (Å²) in [7, 11) is 0. The Labute approximate surface area is 769 Å². The Balaban J connectivity index is 0.000000685. The van der Waals surface area contributed by atoms with Gasteiger partial charge in [0.2, 0.25) is 41.4 Å². The third-order valence-electron chi connectivity index (χ3n) is 25.1. The summed E-state index contributed by atoms with van der Waals surface area (Å²) in [5, 5.41) is 0.